The molecular formula is C16H25NS. The van der Waals surface area contributed by atoms with E-state index in [0.717, 1.165) is 13.0 Å². The van der Waals surface area contributed by atoms with Crippen molar-refractivity contribution in [1.29, 1.82) is 0 Å². The van der Waals surface area contributed by atoms with E-state index in [-0.39, 0.29) is 0 Å². The van der Waals surface area contributed by atoms with Gasteiger partial charge in [0.2, 0.25) is 0 Å². The Balaban J connectivity index is 1.81. The lowest BCUT2D eigenvalue weighted by molar-refractivity contribution is 0.247. The number of rotatable bonds is 4. The average Bonchev–Trinajstić information content (AvgIpc) is 2.31. The van der Waals surface area contributed by atoms with Crippen molar-refractivity contribution in [1.82, 2.24) is 5.32 Å². The lowest BCUT2D eigenvalue weighted by Crippen LogP contribution is -2.47. The van der Waals surface area contributed by atoms with Crippen LogP contribution >= 0.6 is 11.8 Å². The van der Waals surface area contributed by atoms with Crippen LogP contribution in [0.4, 0.5) is 0 Å². The summed E-state index contributed by atoms with van der Waals surface area (Å²) in [6, 6.07) is 9.52. The summed E-state index contributed by atoms with van der Waals surface area (Å²) in [4.78, 5) is 0. The van der Waals surface area contributed by atoms with E-state index in [1.165, 1.54) is 29.1 Å². The van der Waals surface area contributed by atoms with Gasteiger partial charge in [0.05, 0.1) is 0 Å². The van der Waals surface area contributed by atoms with Crippen LogP contribution in [0.1, 0.15) is 31.4 Å². The third-order valence-electron chi connectivity index (χ3n) is 4.01. The first-order valence-electron chi connectivity index (χ1n) is 6.94. The van der Waals surface area contributed by atoms with E-state index in [2.05, 4.69) is 62.1 Å². The molecule has 0 spiro atoms. The van der Waals surface area contributed by atoms with Crippen molar-refractivity contribution in [3.63, 3.8) is 0 Å². The average molecular weight is 263 g/mol. The summed E-state index contributed by atoms with van der Waals surface area (Å²) in [5.41, 5.74) is 3.27. The molecule has 18 heavy (non-hydrogen) atoms. The minimum atomic E-state index is 0.456. The summed E-state index contributed by atoms with van der Waals surface area (Å²) in [5.74, 6) is 2.59. The third kappa shape index (κ3) is 3.76. The quantitative estimate of drug-likeness (QED) is 0.890. The van der Waals surface area contributed by atoms with Gasteiger partial charge in [0, 0.05) is 11.8 Å². The smallest absolute Gasteiger partial charge is 0.0209 e. The first-order valence-corrected chi connectivity index (χ1v) is 8.10. The van der Waals surface area contributed by atoms with Crippen LogP contribution in [0.15, 0.2) is 24.3 Å². The number of benzene rings is 1. The Labute approximate surface area is 116 Å². The fourth-order valence-corrected chi connectivity index (χ4v) is 4.17. The lowest BCUT2D eigenvalue weighted by Gasteiger charge is -2.39. The van der Waals surface area contributed by atoms with Crippen LogP contribution in [0.5, 0.6) is 0 Å². The maximum atomic E-state index is 3.76. The van der Waals surface area contributed by atoms with Crippen LogP contribution in [-0.4, -0.2) is 24.1 Å². The molecular weight excluding hydrogens is 238 g/mol. The maximum Gasteiger partial charge on any atom is 0.0209 e. The van der Waals surface area contributed by atoms with Gasteiger partial charge in [0.15, 0.2) is 0 Å². The minimum absolute atomic E-state index is 0.456. The predicted molar refractivity (Wildman–Crippen MR) is 82.4 cm³/mol. The molecule has 1 N–H and O–H groups in total. The first-order chi connectivity index (χ1) is 8.58. The van der Waals surface area contributed by atoms with E-state index in [0.29, 0.717) is 11.5 Å². The number of nitrogens with one attached hydrogen (secondary N) is 1. The van der Waals surface area contributed by atoms with Crippen molar-refractivity contribution < 1.29 is 0 Å². The highest BCUT2D eigenvalue weighted by atomic mass is 32.2. The molecule has 1 aromatic carbocycles. The summed E-state index contributed by atoms with van der Waals surface area (Å²) in [7, 11) is 0. The zero-order valence-corrected chi connectivity index (χ0v) is 12.6. The highest BCUT2D eigenvalue weighted by Crippen LogP contribution is 2.33. The zero-order valence-electron chi connectivity index (χ0n) is 11.8. The number of hydrogen-bond donors (Lipinski definition) is 1. The van der Waals surface area contributed by atoms with Crippen LogP contribution in [0.2, 0.25) is 0 Å². The minimum Gasteiger partial charge on any atom is -0.312 e. The summed E-state index contributed by atoms with van der Waals surface area (Å²) in [6.07, 6.45) is 2.47. The van der Waals surface area contributed by atoms with Crippen molar-refractivity contribution in [3.05, 3.63) is 35.4 Å². The molecule has 1 atom stereocenters. The first kappa shape index (κ1) is 14.0. The van der Waals surface area contributed by atoms with Crippen LogP contribution in [0.3, 0.4) is 0 Å². The van der Waals surface area contributed by atoms with Gasteiger partial charge in [0.1, 0.15) is 0 Å². The second kappa shape index (κ2) is 6.12. The fraction of sp³-hybridized carbons (Fsp3) is 0.625. The Morgan fingerprint density at radius 3 is 2.94 bits per heavy atom. The van der Waals surface area contributed by atoms with Crippen molar-refractivity contribution in [2.24, 2.45) is 5.41 Å². The van der Waals surface area contributed by atoms with E-state index in [1.54, 1.807) is 0 Å². The largest absolute Gasteiger partial charge is 0.312 e. The molecule has 0 aliphatic carbocycles. The Morgan fingerprint density at radius 2 is 2.22 bits per heavy atom. The normalized spacial score (nSPS) is 22.9. The van der Waals surface area contributed by atoms with E-state index in [1.807, 2.05) is 0 Å². The molecule has 2 heteroatoms. The van der Waals surface area contributed by atoms with E-state index >= 15 is 0 Å². The SMILES string of the molecule is Cc1cccc(CCNC2CSCCC2(C)C)c1. The maximum absolute atomic E-state index is 3.76. The molecule has 1 heterocycles. The molecule has 2 rings (SSSR count). The Hall–Kier alpha value is -0.470. The molecule has 0 saturated carbocycles. The Kier molecular flexibility index (Phi) is 4.74. The van der Waals surface area contributed by atoms with Crippen molar-refractivity contribution in [3.8, 4) is 0 Å². The topological polar surface area (TPSA) is 12.0 Å². The highest BCUT2D eigenvalue weighted by Gasteiger charge is 2.31. The van der Waals surface area contributed by atoms with Gasteiger partial charge in [-0.15, -0.1) is 0 Å². The van der Waals surface area contributed by atoms with Crippen LogP contribution in [-0.2, 0) is 6.42 Å². The van der Waals surface area contributed by atoms with Crippen molar-refractivity contribution in [2.75, 3.05) is 18.1 Å². The molecule has 1 aliphatic rings. The number of hydrogen-bond acceptors (Lipinski definition) is 2. The van der Waals surface area contributed by atoms with E-state index in [9.17, 15) is 0 Å². The monoisotopic (exact) mass is 263 g/mol. The molecule has 1 aromatic rings. The third-order valence-corrected chi connectivity index (χ3v) is 5.07. The summed E-state index contributed by atoms with van der Waals surface area (Å²) < 4.78 is 0. The molecule has 1 fully saturated rings. The van der Waals surface area contributed by atoms with Gasteiger partial charge < -0.3 is 5.32 Å². The lowest BCUT2D eigenvalue weighted by atomic mass is 9.82. The van der Waals surface area contributed by atoms with Crippen molar-refractivity contribution in [2.45, 2.75) is 39.7 Å². The number of thioether (sulfide) groups is 1. The zero-order chi connectivity index (χ0) is 13.0. The summed E-state index contributed by atoms with van der Waals surface area (Å²) in [5, 5.41) is 3.76. The van der Waals surface area contributed by atoms with Gasteiger partial charge in [0.25, 0.3) is 0 Å². The van der Waals surface area contributed by atoms with Gasteiger partial charge in [-0.1, -0.05) is 43.7 Å². The van der Waals surface area contributed by atoms with Gasteiger partial charge in [-0.25, -0.2) is 0 Å². The molecule has 100 valence electrons. The van der Waals surface area contributed by atoms with Crippen LogP contribution in [0.25, 0.3) is 0 Å². The van der Waals surface area contributed by atoms with Gasteiger partial charge in [-0.2, -0.15) is 11.8 Å². The number of aryl methyl sites for hydroxylation is 1. The van der Waals surface area contributed by atoms with Crippen LogP contribution < -0.4 is 5.32 Å². The Morgan fingerprint density at radius 1 is 1.39 bits per heavy atom. The second-order valence-corrected chi connectivity index (χ2v) is 7.21. The second-order valence-electron chi connectivity index (χ2n) is 6.06. The Bertz CT molecular complexity index is 386. The van der Waals surface area contributed by atoms with Crippen molar-refractivity contribution >= 4 is 11.8 Å². The van der Waals surface area contributed by atoms with Gasteiger partial charge in [-0.3, -0.25) is 0 Å². The van der Waals surface area contributed by atoms with Crippen LogP contribution in [0, 0.1) is 12.3 Å². The van der Waals surface area contributed by atoms with Gasteiger partial charge in [-0.05, 0) is 43.0 Å². The molecule has 0 amide bonds. The standard InChI is InChI=1S/C16H25NS/c1-13-5-4-6-14(11-13)7-9-17-15-12-18-10-8-16(15,2)3/h4-6,11,15,17H,7-10,12H2,1-3H3. The molecule has 1 saturated heterocycles. The van der Waals surface area contributed by atoms with Gasteiger partial charge >= 0.3 is 0 Å². The molecule has 1 aliphatic heterocycles. The van der Waals surface area contributed by atoms with E-state index in [4.69, 9.17) is 0 Å². The fourth-order valence-electron chi connectivity index (χ4n) is 2.53. The highest BCUT2D eigenvalue weighted by molar-refractivity contribution is 7.99. The predicted octanol–water partition coefficient (Wildman–Crippen LogP) is 3.66. The molecule has 0 aromatic heterocycles. The molecule has 1 nitrogen and oxygen atoms in total. The van der Waals surface area contributed by atoms with E-state index < -0.39 is 0 Å². The molecule has 0 bridgehead atoms. The molecule has 0 radical (unpaired) electrons. The molecule has 1 unspecified atom stereocenters. The summed E-state index contributed by atoms with van der Waals surface area (Å²) in [6.45, 7) is 8.06. The summed E-state index contributed by atoms with van der Waals surface area (Å²) >= 11 is 2.09.